The normalized spacial score (nSPS) is 14.6. The molecule has 0 bridgehead atoms. The number of morpholine rings is 1. The minimum atomic E-state index is -0.120. The fraction of sp³-hybridized carbons (Fsp3) is 0.333. The van der Waals surface area contributed by atoms with E-state index in [4.69, 9.17) is 4.74 Å². The van der Waals surface area contributed by atoms with Crippen LogP contribution in [0.2, 0.25) is 0 Å². The van der Waals surface area contributed by atoms with Crippen molar-refractivity contribution in [2.24, 2.45) is 0 Å². The third-order valence-electron chi connectivity index (χ3n) is 4.11. The fourth-order valence-corrected chi connectivity index (χ4v) is 2.55. The summed E-state index contributed by atoms with van der Waals surface area (Å²) in [5.41, 5.74) is 3.79. The number of amides is 1. The summed E-state index contributed by atoms with van der Waals surface area (Å²) in [6.45, 7) is 7.08. The quantitative estimate of drug-likeness (QED) is 0.947. The monoisotopic (exact) mass is 311 g/mol. The topological polar surface area (TPSA) is 54.5 Å². The summed E-state index contributed by atoms with van der Waals surface area (Å²) in [6.07, 6.45) is 1.68. The number of carbonyl (C=O) groups excluding carboxylic acids is 1. The van der Waals surface area contributed by atoms with Gasteiger partial charge in [0, 0.05) is 30.5 Å². The molecule has 2 aromatic rings. The number of ether oxygens (including phenoxy) is 1. The van der Waals surface area contributed by atoms with Gasteiger partial charge in [0.15, 0.2) is 0 Å². The lowest BCUT2D eigenvalue weighted by atomic mass is 10.1. The number of anilines is 2. The van der Waals surface area contributed by atoms with Gasteiger partial charge in [0.25, 0.3) is 5.91 Å². The number of nitrogens with zero attached hydrogens (tertiary/aromatic N) is 2. The molecule has 3 rings (SSSR count). The molecule has 1 aromatic heterocycles. The van der Waals surface area contributed by atoms with Crippen LogP contribution in [0.25, 0.3) is 0 Å². The molecule has 1 fully saturated rings. The Balaban J connectivity index is 1.75. The fourth-order valence-electron chi connectivity index (χ4n) is 2.55. The molecule has 5 heteroatoms. The van der Waals surface area contributed by atoms with Crippen molar-refractivity contribution in [1.82, 2.24) is 4.98 Å². The Morgan fingerprint density at radius 2 is 1.91 bits per heavy atom. The average Bonchev–Trinajstić information content (AvgIpc) is 2.59. The van der Waals surface area contributed by atoms with Crippen LogP contribution < -0.4 is 10.2 Å². The molecule has 1 aromatic carbocycles. The van der Waals surface area contributed by atoms with Crippen molar-refractivity contribution in [3.05, 3.63) is 53.2 Å². The molecule has 0 aliphatic carbocycles. The second kappa shape index (κ2) is 6.79. The maximum absolute atomic E-state index is 12.5. The predicted molar refractivity (Wildman–Crippen MR) is 91.1 cm³/mol. The van der Waals surface area contributed by atoms with E-state index in [1.54, 1.807) is 12.3 Å². The van der Waals surface area contributed by atoms with Crippen LogP contribution >= 0.6 is 0 Å². The van der Waals surface area contributed by atoms with Crippen LogP contribution in [0.5, 0.6) is 0 Å². The van der Waals surface area contributed by atoms with Crippen molar-refractivity contribution in [3.63, 3.8) is 0 Å². The third-order valence-corrected chi connectivity index (χ3v) is 4.11. The first-order valence-corrected chi connectivity index (χ1v) is 7.81. The lowest BCUT2D eigenvalue weighted by molar-refractivity contribution is 0.102. The first kappa shape index (κ1) is 15.5. The first-order chi connectivity index (χ1) is 11.1. The molecule has 0 unspecified atom stereocenters. The Bertz CT molecular complexity index is 709. The van der Waals surface area contributed by atoms with Gasteiger partial charge in [0.1, 0.15) is 5.82 Å². The predicted octanol–water partition coefficient (Wildman–Crippen LogP) is 2.79. The highest BCUT2D eigenvalue weighted by Crippen LogP contribution is 2.18. The largest absolute Gasteiger partial charge is 0.378 e. The van der Waals surface area contributed by atoms with E-state index in [2.05, 4.69) is 22.1 Å². The van der Waals surface area contributed by atoms with Gasteiger partial charge in [0.2, 0.25) is 0 Å². The number of nitrogens with one attached hydrogen (secondary N) is 1. The highest BCUT2D eigenvalue weighted by atomic mass is 16.5. The van der Waals surface area contributed by atoms with Crippen LogP contribution in [-0.4, -0.2) is 37.2 Å². The smallest absolute Gasteiger partial charge is 0.255 e. The van der Waals surface area contributed by atoms with Gasteiger partial charge < -0.3 is 15.0 Å². The van der Waals surface area contributed by atoms with Crippen LogP contribution in [0.15, 0.2) is 36.5 Å². The molecule has 0 atom stereocenters. The number of pyridine rings is 1. The van der Waals surface area contributed by atoms with E-state index in [1.807, 2.05) is 31.2 Å². The number of aryl methyl sites for hydroxylation is 2. The third kappa shape index (κ3) is 3.68. The second-order valence-electron chi connectivity index (χ2n) is 5.76. The van der Waals surface area contributed by atoms with Crippen LogP contribution in [0.4, 0.5) is 11.5 Å². The van der Waals surface area contributed by atoms with Crippen LogP contribution in [0, 0.1) is 13.8 Å². The van der Waals surface area contributed by atoms with Crippen molar-refractivity contribution in [3.8, 4) is 0 Å². The number of rotatable bonds is 3. The van der Waals surface area contributed by atoms with Crippen molar-refractivity contribution in [1.29, 1.82) is 0 Å². The molecule has 1 amide bonds. The van der Waals surface area contributed by atoms with Gasteiger partial charge in [-0.25, -0.2) is 4.98 Å². The first-order valence-electron chi connectivity index (χ1n) is 7.81. The van der Waals surface area contributed by atoms with Crippen molar-refractivity contribution < 1.29 is 9.53 Å². The zero-order valence-electron chi connectivity index (χ0n) is 13.5. The molecule has 23 heavy (non-hydrogen) atoms. The van der Waals surface area contributed by atoms with E-state index >= 15 is 0 Å². The maximum Gasteiger partial charge on any atom is 0.255 e. The molecule has 1 aliphatic heterocycles. The minimum absolute atomic E-state index is 0.120. The molecule has 1 N–H and O–H groups in total. The van der Waals surface area contributed by atoms with Crippen molar-refractivity contribution in [2.75, 3.05) is 36.5 Å². The summed E-state index contributed by atoms with van der Waals surface area (Å²) >= 11 is 0. The van der Waals surface area contributed by atoms with Gasteiger partial charge in [-0.2, -0.15) is 0 Å². The van der Waals surface area contributed by atoms with Gasteiger partial charge in [-0.05, 0) is 49.2 Å². The van der Waals surface area contributed by atoms with E-state index in [1.165, 1.54) is 5.56 Å². The van der Waals surface area contributed by atoms with Gasteiger partial charge >= 0.3 is 0 Å². The Hall–Kier alpha value is -2.40. The summed E-state index contributed by atoms with van der Waals surface area (Å²) < 4.78 is 5.35. The molecule has 0 radical (unpaired) electrons. The number of aromatic nitrogens is 1. The second-order valence-corrected chi connectivity index (χ2v) is 5.76. The van der Waals surface area contributed by atoms with E-state index in [0.717, 1.165) is 30.2 Å². The number of benzene rings is 1. The molecule has 5 nitrogen and oxygen atoms in total. The van der Waals surface area contributed by atoms with Crippen LogP contribution in [0.3, 0.4) is 0 Å². The molecule has 2 heterocycles. The van der Waals surface area contributed by atoms with Gasteiger partial charge in [0.05, 0.1) is 13.2 Å². The van der Waals surface area contributed by atoms with E-state index in [-0.39, 0.29) is 5.91 Å². The molecule has 0 spiro atoms. The van der Waals surface area contributed by atoms with Crippen LogP contribution in [-0.2, 0) is 4.74 Å². The van der Waals surface area contributed by atoms with Crippen molar-refractivity contribution >= 4 is 17.4 Å². The van der Waals surface area contributed by atoms with Gasteiger partial charge in [-0.15, -0.1) is 0 Å². The summed E-state index contributed by atoms with van der Waals surface area (Å²) in [5.74, 6) is 0.700. The van der Waals surface area contributed by atoms with Crippen molar-refractivity contribution in [2.45, 2.75) is 13.8 Å². The number of hydrogen-bond donors (Lipinski definition) is 1. The lowest BCUT2D eigenvalue weighted by Gasteiger charge is -2.27. The standard InChI is InChI=1S/C18H21N3O2/c1-13-3-4-16(11-14(13)2)20-18(22)15-5-6-19-17(12-15)21-7-9-23-10-8-21/h3-6,11-12H,7-10H2,1-2H3,(H,20,22). The van der Waals surface area contributed by atoms with Gasteiger partial charge in [-0.3, -0.25) is 4.79 Å². The summed E-state index contributed by atoms with van der Waals surface area (Å²) in [6, 6.07) is 9.49. The highest BCUT2D eigenvalue weighted by molar-refractivity contribution is 6.04. The molecule has 120 valence electrons. The van der Waals surface area contributed by atoms with E-state index in [0.29, 0.717) is 18.8 Å². The molecule has 0 saturated carbocycles. The Kier molecular flexibility index (Phi) is 4.57. The maximum atomic E-state index is 12.5. The zero-order valence-corrected chi connectivity index (χ0v) is 13.5. The molecular formula is C18H21N3O2. The van der Waals surface area contributed by atoms with Gasteiger partial charge in [-0.1, -0.05) is 6.07 Å². The summed E-state index contributed by atoms with van der Waals surface area (Å²) in [4.78, 5) is 19.0. The minimum Gasteiger partial charge on any atom is -0.378 e. The molecular weight excluding hydrogens is 290 g/mol. The number of hydrogen-bond acceptors (Lipinski definition) is 4. The van der Waals surface area contributed by atoms with E-state index in [9.17, 15) is 4.79 Å². The molecule has 1 aliphatic rings. The Morgan fingerprint density at radius 1 is 1.13 bits per heavy atom. The number of carbonyl (C=O) groups is 1. The summed E-state index contributed by atoms with van der Waals surface area (Å²) in [5, 5.41) is 2.95. The lowest BCUT2D eigenvalue weighted by Crippen LogP contribution is -2.36. The van der Waals surface area contributed by atoms with E-state index < -0.39 is 0 Å². The Labute approximate surface area is 136 Å². The summed E-state index contributed by atoms with van der Waals surface area (Å²) in [7, 11) is 0. The molecule has 1 saturated heterocycles. The SMILES string of the molecule is Cc1ccc(NC(=O)c2ccnc(N3CCOCC3)c2)cc1C. The average molecular weight is 311 g/mol. The Morgan fingerprint density at radius 3 is 2.65 bits per heavy atom. The highest BCUT2D eigenvalue weighted by Gasteiger charge is 2.14. The zero-order chi connectivity index (χ0) is 16.2. The van der Waals surface area contributed by atoms with Crippen LogP contribution in [0.1, 0.15) is 21.5 Å².